The van der Waals surface area contributed by atoms with E-state index in [1.54, 1.807) is 32.9 Å². The van der Waals surface area contributed by atoms with Crippen LogP contribution >= 0.6 is 0 Å². The number of carbonyl (C=O) groups is 4. The van der Waals surface area contributed by atoms with Gasteiger partial charge in [0.2, 0.25) is 5.91 Å². The Labute approximate surface area is 229 Å². The molecule has 3 rings (SSSR count). The Hall–Kier alpha value is -3.88. The summed E-state index contributed by atoms with van der Waals surface area (Å²) >= 11 is 0. The number of nitrogens with one attached hydrogen (secondary N) is 2. The first-order valence-corrected chi connectivity index (χ1v) is 13.2. The number of hydrogen-bond donors (Lipinski definition) is 2. The maximum Gasteiger partial charge on any atom is 0.408 e. The van der Waals surface area contributed by atoms with Gasteiger partial charge in [-0.15, -0.1) is 0 Å². The number of alkyl carbamates (subject to hydrolysis) is 1. The van der Waals surface area contributed by atoms with Crippen LogP contribution in [0.3, 0.4) is 0 Å². The Morgan fingerprint density at radius 1 is 0.974 bits per heavy atom. The van der Waals surface area contributed by atoms with Gasteiger partial charge < -0.3 is 24.8 Å². The molecule has 0 radical (unpaired) electrons. The molecule has 39 heavy (non-hydrogen) atoms. The van der Waals surface area contributed by atoms with Crippen LogP contribution in [0.4, 0.5) is 4.79 Å². The van der Waals surface area contributed by atoms with Crippen LogP contribution in [0.2, 0.25) is 0 Å². The van der Waals surface area contributed by atoms with E-state index in [0.29, 0.717) is 19.3 Å². The van der Waals surface area contributed by atoms with Gasteiger partial charge in [0.15, 0.2) is 0 Å². The minimum atomic E-state index is -1.37. The normalized spacial score (nSPS) is 19.7. The second kappa shape index (κ2) is 13.3. The molecule has 3 atom stereocenters. The maximum atomic E-state index is 13.7. The van der Waals surface area contributed by atoms with Gasteiger partial charge in [0.05, 0.1) is 13.5 Å². The van der Waals surface area contributed by atoms with Crippen molar-refractivity contribution in [1.29, 1.82) is 0 Å². The highest BCUT2D eigenvalue weighted by atomic mass is 16.6. The zero-order chi connectivity index (χ0) is 28.5. The summed E-state index contributed by atoms with van der Waals surface area (Å²) in [4.78, 5) is 52.4. The summed E-state index contributed by atoms with van der Waals surface area (Å²) in [5, 5.41) is 5.38. The summed E-state index contributed by atoms with van der Waals surface area (Å²) in [6, 6.07) is 17.2. The second-order valence-electron chi connectivity index (χ2n) is 10.7. The Morgan fingerprint density at radius 2 is 1.62 bits per heavy atom. The molecule has 1 aliphatic rings. The summed E-state index contributed by atoms with van der Waals surface area (Å²) in [7, 11) is 1.28. The zero-order valence-corrected chi connectivity index (χ0v) is 23.0. The van der Waals surface area contributed by atoms with Gasteiger partial charge in [-0.2, -0.15) is 0 Å². The number of amides is 2. The highest BCUT2D eigenvalue weighted by Gasteiger charge is 2.50. The van der Waals surface area contributed by atoms with Gasteiger partial charge in [-0.25, -0.2) is 9.59 Å². The molecule has 9 nitrogen and oxygen atoms in total. The van der Waals surface area contributed by atoms with E-state index in [1.165, 1.54) is 7.11 Å². The second-order valence-corrected chi connectivity index (χ2v) is 10.7. The fraction of sp³-hybridized carbons (Fsp3) is 0.467. The van der Waals surface area contributed by atoms with E-state index in [4.69, 9.17) is 14.2 Å². The van der Waals surface area contributed by atoms with Crippen molar-refractivity contribution in [3.63, 3.8) is 0 Å². The lowest BCUT2D eigenvalue weighted by molar-refractivity contribution is -0.157. The van der Waals surface area contributed by atoms with Crippen molar-refractivity contribution in [2.24, 2.45) is 0 Å². The summed E-state index contributed by atoms with van der Waals surface area (Å²) in [5.74, 6) is -2.31. The average molecular weight is 539 g/mol. The number of hydrogen-bond acceptors (Lipinski definition) is 7. The molecule has 1 aliphatic carbocycles. The number of rotatable bonds is 9. The van der Waals surface area contributed by atoms with Crippen LogP contribution in [0.5, 0.6) is 0 Å². The molecule has 210 valence electrons. The predicted molar refractivity (Wildman–Crippen MR) is 145 cm³/mol. The van der Waals surface area contributed by atoms with Crippen molar-refractivity contribution in [3.8, 4) is 0 Å². The van der Waals surface area contributed by atoms with Gasteiger partial charge in [0.1, 0.15) is 23.8 Å². The first-order valence-electron chi connectivity index (χ1n) is 13.2. The van der Waals surface area contributed by atoms with Crippen LogP contribution in [-0.4, -0.2) is 48.2 Å². The molecule has 2 N–H and O–H groups in total. The van der Waals surface area contributed by atoms with Gasteiger partial charge >= 0.3 is 18.0 Å². The third-order valence-corrected chi connectivity index (χ3v) is 6.62. The average Bonchev–Trinajstić information content (AvgIpc) is 2.91. The molecule has 0 aromatic heterocycles. The quantitative estimate of drug-likeness (QED) is 0.359. The summed E-state index contributed by atoms with van der Waals surface area (Å²) < 4.78 is 15.9. The molecule has 0 heterocycles. The van der Waals surface area contributed by atoms with Gasteiger partial charge in [-0.3, -0.25) is 9.59 Å². The van der Waals surface area contributed by atoms with Crippen molar-refractivity contribution in [3.05, 3.63) is 71.8 Å². The van der Waals surface area contributed by atoms with Gasteiger partial charge in [-0.05, 0) is 44.7 Å². The fourth-order valence-corrected chi connectivity index (χ4v) is 4.91. The van der Waals surface area contributed by atoms with E-state index in [-0.39, 0.29) is 12.5 Å². The molecule has 2 aromatic rings. The first-order chi connectivity index (χ1) is 18.5. The molecule has 2 amide bonds. The van der Waals surface area contributed by atoms with Crippen LogP contribution in [-0.2, 0) is 35.2 Å². The van der Waals surface area contributed by atoms with Crippen LogP contribution in [0.1, 0.15) is 69.9 Å². The van der Waals surface area contributed by atoms with Gasteiger partial charge in [-0.1, -0.05) is 73.5 Å². The maximum absolute atomic E-state index is 13.7. The molecule has 1 fully saturated rings. The van der Waals surface area contributed by atoms with E-state index in [0.717, 1.165) is 17.5 Å². The lowest BCUT2D eigenvalue weighted by Crippen LogP contribution is -2.63. The van der Waals surface area contributed by atoms with E-state index in [9.17, 15) is 19.2 Å². The molecule has 2 aromatic carbocycles. The molecular formula is C30H38N2O7. The zero-order valence-electron chi connectivity index (χ0n) is 23.0. The largest absolute Gasteiger partial charge is 0.467 e. The van der Waals surface area contributed by atoms with Gasteiger partial charge in [0, 0.05) is 5.92 Å². The number of esters is 2. The monoisotopic (exact) mass is 538 g/mol. The Balaban J connectivity index is 1.85. The lowest BCUT2D eigenvalue weighted by Gasteiger charge is -2.43. The Kier molecular flexibility index (Phi) is 10.1. The molecule has 9 heteroatoms. The Morgan fingerprint density at radius 3 is 2.23 bits per heavy atom. The van der Waals surface area contributed by atoms with E-state index in [1.807, 2.05) is 48.5 Å². The first kappa shape index (κ1) is 29.7. The molecule has 0 saturated heterocycles. The number of carbonyl (C=O) groups excluding carboxylic acids is 4. The fourth-order valence-electron chi connectivity index (χ4n) is 4.91. The van der Waals surface area contributed by atoms with Crippen LogP contribution in [0.15, 0.2) is 60.7 Å². The molecular weight excluding hydrogens is 500 g/mol. The highest BCUT2D eigenvalue weighted by Crippen LogP contribution is 2.42. The van der Waals surface area contributed by atoms with Crippen molar-refractivity contribution >= 4 is 23.9 Å². The topological polar surface area (TPSA) is 120 Å². The minimum Gasteiger partial charge on any atom is -0.467 e. The summed E-state index contributed by atoms with van der Waals surface area (Å²) in [6.45, 7) is 5.11. The summed E-state index contributed by atoms with van der Waals surface area (Å²) in [5.41, 5.74) is -0.506. The van der Waals surface area contributed by atoms with Crippen molar-refractivity contribution in [2.75, 3.05) is 7.11 Å². The minimum absolute atomic E-state index is 0.0182. The smallest absolute Gasteiger partial charge is 0.408 e. The molecule has 1 saturated carbocycles. The molecule has 0 unspecified atom stereocenters. The van der Waals surface area contributed by atoms with Crippen LogP contribution in [0.25, 0.3) is 0 Å². The van der Waals surface area contributed by atoms with Crippen LogP contribution in [0, 0.1) is 0 Å². The predicted octanol–water partition coefficient (Wildman–Crippen LogP) is 4.40. The summed E-state index contributed by atoms with van der Waals surface area (Å²) in [6.07, 6.45) is 1.25. The third-order valence-electron chi connectivity index (χ3n) is 6.62. The van der Waals surface area contributed by atoms with Crippen LogP contribution < -0.4 is 10.6 Å². The van der Waals surface area contributed by atoms with E-state index < -0.39 is 47.5 Å². The number of ether oxygens (including phenoxy) is 3. The third kappa shape index (κ3) is 8.30. The highest BCUT2D eigenvalue weighted by molar-refractivity contribution is 5.94. The van der Waals surface area contributed by atoms with Gasteiger partial charge in [0.25, 0.3) is 0 Å². The van der Waals surface area contributed by atoms with Crippen molar-refractivity contribution in [1.82, 2.24) is 10.6 Å². The SMILES string of the molecule is COC(=O)[C@]1(NC(=O)[C@H](CC(=O)OC(C)(C)C)NC(=O)OCc2ccccc2)CCCC[C@H]1c1ccccc1. The number of methoxy groups -OCH3 is 1. The Bertz CT molecular complexity index is 1130. The molecule has 0 bridgehead atoms. The molecule has 0 spiro atoms. The van der Waals surface area contributed by atoms with Crippen molar-refractivity contribution in [2.45, 2.75) is 82.6 Å². The number of benzene rings is 2. The molecule has 0 aliphatic heterocycles. The van der Waals surface area contributed by atoms with E-state index >= 15 is 0 Å². The van der Waals surface area contributed by atoms with E-state index in [2.05, 4.69) is 10.6 Å². The standard InChI is InChI=1S/C30H38N2O7/c1-29(2,3)39-25(33)19-24(31-28(36)38-20-21-13-7-5-8-14-21)26(34)32-30(27(35)37-4)18-12-11-17-23(30)22-15-9-6-10-16-22/h5-10,13-16,23-24H,11-12,17-20H2,1-4H3,(H,31,36)(H,32,34)/t23-,24-,30-/m0/s1. The lowest BCUT2D eigenvalue weighted by atomic mass is 9.69. The van der Waals surface area contributed by atoms with Crippen molar-refractivity contribution < 1.29 is 33.4 Å².